The molecule has 0 heterocycles. The second kappa shape index (κ2) is 7.63. The van der Waals surface area contributed by atoms with Crippen molar-refractivity contribution in [1.29, 1.82) is 0 Å². The number of aryl methyl sites for hydroxylation is 2. The summed E-state index contributed by atoms with van der Waals surface area (Å²) in [5, 5.41) is 0. The van der Waals surface area contributed by atoms with Crippen molar-refractivity contribution in [1.82, 2.24) is 0 Å². The number of rotatable bonds is 2. The van der Waals surface area contributed by atoms with Crippen LogP contribution < -0.4 is 4.74 Å². The Morgan fingerprint density at radius 2 is 1.47 bits per heavy atom. The highest BCUT2D eigenvalue weighted by molar-refractivity contribution is 5.31. The Kier molecular flexibility index (Phi) is 6.14. The summed E-state index contributed by atoms with van der Waals surface area (Å²) in [5.74, 6) is 1.56. The van der Waals surface area contributed by atoms with Gasteiger partial charge >= 0.3 is 0 Å². The smallest absolute Gasteiger partial charge is 0.118 e. The van der Waals surface area contributed by atoms with E-state index < -0.39 is 0 Å². The van der Waals surface area contributed by atoms with Gasteiger partial charge < -0.3 is 4.74 Å². The summed E-state index contributed by atoms with van der Waals surface area (Å²) in [6, 6.07) is 16.4. The summed E-state index contributed by atoms with van der Waals surface area (Å²) < 4.78 is 4.91. The minimum absolute atomic E-state index is 0.647. The normalized spacial score (nSPS) is 9.79. The zero-order valence-electron chi connectivity index (χ0n) is 12.6. The molecule has 2 rings (SSSR count). The van der Waals surface area contributed by atoms with E-state index in [2.05, 4.69) is 45.9 Å². The number of methoxy groups -OCH3 is 1. The van der Waals surface area contributed by atoms with Gasteiger partial charge in [-0.2, -0.15) is 0 Å². The minimum atomic E-state index is 0.647. The van der Waals surface area contributed by atoms with Gasteiger partial charge in [-0.15, -0.1) is 0 Å². The third-order valence-electron chi connectivity index (χ3n) is 3.18. The predicted molar refractivity (Wildman–Crippen MR) is 83.0 cm³/mol. The van der Waals surface area contributed by atoms with Crippen LogP contribution in [0.3, 0.4) is 0 Å². The van der Waals surface area contributed by atoms with Crippen LogP contribution in [0.2, 0.25) is 0 Å². The second-order valence-electron chi connectivity index (χ2n) is 5.02. The summed E-state index contributed by atoms with van der Waals surface area (Å²) >= 11 is 0. The summed E-state index contributed by atoms with van der Waals surface area (Å²) in [6.45, 7) is 8.77. The molecule has 0 aromatic heterocycles. The Morgan fingerprint density at radius 1 is 0.842 bits per heavy atom. The van der Waals surface area contributed by atoms with Crippen molar-refractivity contribution in [2.24, 2.45) is 0 Å². The van der Waals surface area contributed by atoms with Crippen LogP contribution in [0.1, 0.15) is 36.5 Å². The van der Waals surface area contributed by atoms with Gasteiger partial charge in [-0.05, 0) is 48.6 Å². The molecule has 1 nitrogen and oxygen atoms in total. The molecule has 0 spiro atoms. The molecule has 19 heavy (non-hydrogen) atoms. The Bertz CT molecular complexity index is 486. The fourth-order valence-corrected chi connectivity index (χ4v) is 1.68. The molecule has 0 aliphatic carbocycles. The molecule has 0 aliphatic heterocycles. The SMILES string of the molecule is COc1ccccc1.Cc1ccc(C(C)C)cc1C. The summed E-state index contributed by atoms with van der Waals surface area (Å²) in [7, 11) is 1.66. The van der Waals surface area contributed by atoms with E-state index in [4.69, 9.17) is 4.74 Å². The average Bonchev–Trinajstić information content (AvgIpc) is 2.43. The summed E-state index contributed by atoms with van der Waals surface area (Å²) in [4.78, 5) is 0. The lowest BCUT2D eigenvalue weighted by molar-refractivity contribution is 0.415. The van der Waals surface area contributed by atoms with Crippen LogP contribution in [0.25, 0.3) is 0 Å². The van der Waals surface area contributed by atoms with E-state index in [-0.39, 0.29) is 0 Å². The molecule has 0 aliphatic rings. The van der Waals surface area contributed by atoms with Crippen LogP contribution in [0.5, 0.6) is 5.75 Å². The average molecular weight is 256 g/mol. The van der Waals surface area contributed by atoms with Crippen molar-refractivity contribution in [2.45, 2.75) is 33.6 Å². The molecule has 0 unspecified atom stereocenters. The highest BCUT2D eigenvalue weighted by Gasteiger charge is 1.99. The first-order valence-corrected chi connectivity index (χ1v) is 6.70. The Hall–Kier alpha value is -1.76. The maximum Gasteiger partial charge on any atom is 0.118 e. The van der Waals surface area contributed by atoms with E-state index in [0.29, 0.717) is 5.92 Å². The van der Waals surface area contributed by atoms with E-state index in [1.54, 1.807) is 7.11 Å². The molecule has 0 bridgehead atoms. The van der Waals surface area contributed by atoms with Crippen LogP contribution >= 0.6 is 0 Å². The van der Waals surface area contributed by atoms with Crippen molar-refractivity contribution >= 4 is 0 Å². The Labute approximate surface area is 117 Å². The standard InChI is InChI=1S/C11H16.C7H8O/c1-8(2)11-6-5-9(3)10(4)7-11;1-8-7-5-3-2-4-6-7/h5-8H,1-4H3;2-6H,1H3. The van der Waals surface area contributed by atoms with Crippen LogP contribution in [0.15, 0.2) is 48.5 Å². The topological polar surface area (TPSA) is 9.23 Å². The van der Waals surface area contributed by atoms with Crippen molar-refractivity contribution in [3.05, 3.63) is 65.2 Å². The fraction of sp³-hybridized carbons (Fsp3) is 0.333. The molecular weight excluding hydrogens is 232 g/mol. The van der Waals surface area contributed by atoms with Crippen molar-refractivity contribution < 1.29 is 4.74 Å². The quantitative estimate of drug-likeness (QED) is 0.724. The first-order valence-electron chi connectivity index (χ1n) is 6.70. The van der Waals surface area contributed by atoms with Gasteiger partial charge in [0.25, 0.3) is 0 Å². The largest absolute Gasteiger partial charge is 0.497 e. The third-order valence-corrected chi connectivity index (χ3v) is 3.18. The molecule has 2 aromatic rings. The molecular formula is C18H24O. The van der Waals surface area contributed by atoms with Crippen LogP contribution in [0, 0.1) is 13.8 Å². The Balaban J connectivity index is 0.000000200. The number of hydrogen-bond acceptors (Lipinski definition) is 1. The van der Waals surface area contributed by atoms with Crippen LogP contribution in [0.4, 0.5) is 0 Å². The second-order valence-corrected chi connectivity index (χ2v) is 5.02. The van der Waals surface area contributed by atoms with E-state index in [9.17, 15) is 0 Å². The molecule has 0 fully saturated rings. The first-order chi connectivity index (χ1) is 9.04. The molecule has 2 aromatic carbocycles. The predicted octanol–water partition coefficient (Wildman–Crippen LogP) is 5.12. The van der Waals surface area contributed by atoms with Gasteiger partial charge in [0.1, 0.15) is 5.75 Å². The molecule has 1 heteroatoms. The lowest BCUT2D eigenvalue weighted by Crippen LogP contribution is -1.89. The van der Waals surface area contributed by atoms with Gasteiger partial charge in [0.2, 0.25) is 0 Å². The number of ether oxygens (including phenoxy) is 1. The summed E-state index contributed by atoms with van der Waals surface area (Å²) in [6.07, 6.45) is 0. The molecule has 0 radical (unpaired) electrons. The van der Waals surface area contributed by atoms with Crippen LogP contribution in [-0.4, -0.2) is 7.11 Å². The van der Waals surface area contributed by atoms with E-state index in [1.807, 2.05) is 30.3 Å². The minimum Gasteiger partial charge on any atom is -0.497 e. The molecule has 0 N–H and O–H groups in total. The van der Waals surface area contributed by atoms with Crippen molar-refractivity contribution in [3.8, 4) is 5.75 Å². The van der Waals surface area contributed by atoms with E-state index >= 15 is 0 Å². The van der Waals surface area contributed by atoms with Gasteiger partial charge in [0.05, 0.1) is 7.11 Å². The van der Waals surface area contributed by atoms with Crippen molar-refractivity contribution in [3.63, 3.8) is 0 Å². The van der Waals surface area contributed by atoms with E-state index in [0.717, 1.165) is 5.75 Å². The first kappa shape index (κ1) is 15.3. The fourth-order valence-electron chi connectivity index (χ4n) is 1.68. The molecule has 0 amide bonds. The molecule has 0 saturated heterocycles. The van der Waals surface area contributed by atoms with Gasteiger partial charge in [0, 0.05) is 0 Å². The van der Waals surface area contributed by atoms with Gasteiger partial charge in [-0.25, -0.2) is 0 Å². The number of hydrogen-bond donors (Lipinski definition) is 0. The highest BCUT2D eigenvalue weighted by atomic mass is 16.5. The number of para-hydroxylation sites is 1. The van der Waals surface area contributed by atoms with Crippen molar-refractivity contribution in [2.75, 3.05) is 7.11 Å². The maximum atomic E-state index is 4.91. The van der Waals surface area contributed by atoms with Gasteiger partial charge in [0.15, 0.2) is 0 Å². The maximum absolute atomic E-state index is 4.91. The van der Waals surface area contributed by atoms with Gasteiger partial charge in [-0.1, -0.05) is 50.2 Å². The highest BCUT2D eigenvalue weighted by Crippen LogP contribution is 2.17. The van der Waals surface area contributed by atoms with E-state index in [1.165, 1.54) is 16.7 Å². The summed E-state index contributed by atoms with van der Waals surface area (Å²) in [5.41, 5.74) is 4.22. The van der Waals surface area contributed by atoms with Crippen LogP contribution in [-0.2, 0) is 0 Å². The molecule has 0 saturated carbocycles. The number of benzene rings is 2. The third kappa shape index (κ3) is 5.17. The lowest BCUT2D eigenvalue weighted by Gasteiger charge is -2.07. The zero-order chi connectivity index (χ0) is 14.3. The molecule has 102 valence electrons. The van der Waals surface area contributed by atoms with Gasteiger partial charge in [-0.3, -0.25) is 0 Å². The monoisotopic (exact) mass is 256 g/mol. The lowest BCUT2D eigenvalue weighted by atomic mass is 9.99. The molecule has 0 atom stereocenters. The zero-order valence-corrected chi connectivity index (χ0v) is 12.6. The Morgan fingerprint density at radius 3 is 1.89 bits per heavy atom.